The molecule has 1 heterocycles. The first-order chi connectivity index (χ1) is 12.0. The third kappa shape index (κ3) is 3.15. The first kappa shape index (κ1) is 16.8. The van der Waals surface area contributed by atoms with Crippen LogP contribution in [0.25, 0.3) is 22.4 Å². The summed E-state index contributed by atoms with van der Waals surface area (Å²) in [6.45, 7) is 1.94. The van der Waals surface area contributed by atoms with Crippen LogP contribution in [-0.4, -0.2) is 12.1 Å². The van der Waals surface area contributed by atoms with Crippen LogP contribution in [0.5, 0.6) is 5.75 Å². The number of ether oxygens (including phenoxy) is 1. The number of nitrogens with zero attached hydrogens (tertiary/aromatic N) is 2. The van der Waals surface area contributed by atoms with Crippen molar-refractivity contribution in [1.82, 2.24) is 4.98 Å². The fourth-order valence-electron chi connectivity index (χ4n) is 2.81. The van der Waals surface area contributed by atoms with Crippen molar-refractivity contribution in [1.29, 1.82) is 5.26 Å². The molecule has 0 atom stereocenters. The quantitative estimate of drug-likeness (QED) is 0.734. The summed E-state index contributed by atoms with van der Waals surface area (Å²) in [6.07, 6.45) is 0. The van der Waals surface area contributed by atoms with Crippen LogP contribution >= 0.6 is 11.6 Å². The van der Waals surface area contributed by atoms with Crippen molar-refractivity contribution >= 4 is 17.4 Å². The minimum Gasteiger partial charge on any atom is -0.497 e. The van der Waals surface area contributed by atoms with Gasteiger partial charge in [-0.1, -0.05) is 23.7 Å². The highest BCUT2D eigenvalue weighted by molar-refractivity contribution is 6.30. The number of nitriles is 1. The molecule has 3 aromatic rings. The zero-order valence-electron chi connectivity index (χ0n) is 13.9. The molecular weight excluding hydrogens is 334 g/mol. The van der Waals surface area contributed by atoms with Gasteiger partial charge in [0.25, 0.3) is 0 Å². The van der Waals surface area contributed by atoms with Crippen molar-refractivity contribution in [3.8, 4) is 34.2 Å². The molecule has 0 unspecified atom stereocenters. The second kappa shape index (κ2) is 6.84. The average Bonchev–Trinajstić information content (AvgIpc) is 2.64. The number of benzene rings is 2. The number of pyridine rings is 1. The third-order valence-corrected chi connectivity index (χ3v) is 4.33. The predicted molar refractivity (Wildman–Crippen MR) is 101 cm³/mol. The first-order valence-electron chi connectivity index (χ1n) is 7.65. The van der Waals surface area contributed by atoms with Gasteiger partial charge in [-0.05, 0) is 54.4 Å². The maximum Gasteiger partial charge on any atom is 0.142 e. The summed E-state index contributed by atoms with van der Waals surface area (Å²) >= 11 is 5.99. The molecule has 0 saturated carbocycles. The smallest absolute Gasteiger partial charge is 0.142 e. The fraction of sp³-hybridized carbons (Fsp3) is 0.100. The van der Waals surface area contributed by atoms with Crippen LogP contribution in [0.3, 0.4) is 0 Å². The monoisotopic (exact) mass is 349 g/mol. The molecule has 0 aliphatic carbocycles. The number of methoxy groups -OCH3 is 1. The first-order valence-corrected chi connectivity index (χ1v) is 8.03. The van der Waals surface area contributed by atoms with E-state index in [-0.39, 0.29) is 5.82 Å². The maximum atomic E-state index is 9.56. The second-order valence-electron chi connectivity index (χ2n) is 5.57. The van der Waals surface area contributed by atoms with Gasteiger partial charge < -0.3 is 10.5 Å². The molecule has 0 aliphatic heterocycles. The molecule has 0 aliphatic rings. The maximum absolute atomic E-state index is 9.56. The lowest BCUT2D eigenvalue weighted by Crippen LogP contribution is -2.03. The van der Waals surface area contributed by atoms with Crippen LogP contribution in [0.15, 0.2) is 48.5 Å². The highest BCUT2D eigenvalue weighted by atomic mass is 35.5. The SMILES string of the molecule is COc1ccc(-c2nc(N)c(C#N)c(-c3ccc(Cl)cc3)c2C)cc1. The van der Waals surface area contributed by atoms with Crippen molar-refractivity contribution in [3.63, 3.8) is 0 Å². The van der Waals surface area contributed by atoms with Gasteiger partial charge in [0.05, 0.1) is 12.8 Å². The Labute approximate surface area is 151 Å². The molecule has 1 aromatic heterocycles. The summed E-state index contributed by atoms with van der Waals surface area (Å²) in [5.41, 5.74) is 10.6. The Bertz CT molecular complexity index is 958. The van der Waals surface area contributed by atoms with Gasteiger partial charge in [-0.2, -0.15) is 5.26 Å². The highest BCUT2D eigenvalue weighted by Crippen LogP contribution is 2.36. The van der Waals surface area contributed by atoms with E-state index in [1.165, 1.54) is 0 Å². The number of anilines is 1. The Kier molecular flexibility index (Phi) is 4.60. The van der Waals surface area contributed by atoms with E-state index in [9.17, 15) is 5.26 Å². The lowest BCUT2D eigenvalue weighted by molar-refractivity contribution is 0.415. The van der Waals surface area contributed by atoms with E-state index in [1.807, 2.05) is 43.3 Å². The number of nitrogens with two attached hydrogens (primary N) is 1. The van der Waals surface area contributed by atoms with Crippen molar-refractivity contribution in [3.05, 3.63) is 64.7 Å². The van der Waals surface area contributed by atoms with Gasteiger partial charge in [0, 0.05) is 16.1 Å². The highest BCUT2D eigenvalue weighted by Gasteiger charge is 2.18. The summed E-state index contributed by atoms with van der Waals surface area (Å²) in [7, 11) is 1.62. The van der Waals surface area contributed by atoms with E-state index in [2.05, 4.69) is 11.1 Å². The zero-order chi connectivity index (χ0) is 18.0. The number of hydrogen-bond donors (Lipinski definition) is 1. The largest absolute Gasteiger partial charge is 0.497 e. The Morgan fingerprint density at radius 3 is 2.20 bits per heavy atom. The van der Waals surface area contributed by atoms with Gasteiger partial charge in [0.15, 0.2) is 0 Å². The van der Waals surface area contributed by atoms with Crippen LogP contribution in [0.1, 0.15) is 11.1 Å². The average molecular weight is 350 g/mol. The summed E-state index contributed by atoms with van der Waals surface area (Å²) in [6, 6.07) is 17.1. The van der Waals surface area contributed by atoms with Crippen LogP contribution in [0.2, 0.25) is 5.02 Å². The predicted octanol–water partition coefficient (Wildman–Crippen LogP) is 4.84. The Hall–Kier alpha value is -3.03. The molecule has 3 rings (SSSR count). The van der Waals surface area contributed by atoms with Gasteiger partial charge in [0.2, 0.25) is 0 Å². The molecule has 0 saturated heterocycles. The van der Waals surface area contributed by atoms with E-state index < -0.39 is 0 Å². The molecule has 0 spiro atoms. The molecular formula is C20H16ClN3O. The van der Waals surface area contributed by atoms with Gasteiger partial charge in [0.1, 0.15) is 23.2 Å². The van der Waals surface area contributed by atoms with Gasteiger partial charge in [-0.25, -0.2) is 4.98 Å². The van der Waals surface area contributed by atoms with E-state index in [0.29, 0.717) is 10.6 Å². The summed E-state index contributed by atoms with van der Waals surface area (Å²) in [5.74, 6) is 0.977. The van der Waals surface area contributed by atoms with Crippen molar-refractivity contribution in [2.24, 2.45) is 0 Å². The molecule has 0 amide bonds. The molecule has 2 aromatic carbocycles. The molecule has 2 N–H and O–H groups in total. The van der Waals surface area contributed by atoms with Crippen molar-refractivity contribution < 1.29 is 4.74 Å². The number of hydrogen-bond acceptors (Lipinski definition) is 4. The minimum absolute atomic E-state index is 0.212. The Morgan fingerprint density at radius 1 is 1.04 bits per heavy atom. The van der Waals surface area contributed by atoms with Gasteiger partial charge in [-0.3, -0.25) is 0 Å². The van der Waals surface area contributed by atoms with E-state index in [4.69, 9.17) is 22.1 Å². The molecule has 4 nitrogen and oxygen atoms in total. The lowest BCUT2D eigenvalue weighted by Gasteiger charge is -2.15. The number of halogens is 1. The molecule has 5 heteroatoms. The van der Waals surface area contributed by atoms with E-state index in [0.717, 1.165) is 33.7 Å². The standard InChI is InChI=1S/C20H16ClN3O/c1-12-18(13-3-7-15(21)8-4-13)17(11-22)20(23)24-19(12)14-5-9-16(25-2)10-6-14/h3-10H,1-2H3,(H2,23,24). The van der Waals surface area contributed by atoms with Crippen LogP contribution < -0.4 is 10.5 Å². The fourth-order valence-corrected chi connectivity index (χ4v) is 2.94. The van der Waals surface area contributed by atoms with Crippen molar-refractivity contribution in [2.45, 2.75) is 6.92 Å². The Balaban J connectivity index is 2.25. The number of nitrogen functional groups attached to an aromatic ring is 1. The number of aromatic nitrogens is 1. The summed E-state index contributed by atoms with van der Waals surface area (Å²) in [5, 5.41) is 10.2. The summed E-state index contributed by atoms with van der Waals surface area (Å²) < 4.78 is 5.20. The van der Waals surface area contributed by atoms with Gasteiger partial charge in [-0.15, -0.1) is 0 Å². The zero-order valence-corrected chi connectivity index (χ0v) is 14.6. The second-order valence-corrected chi connectivity index (χ2v) is 6.00. The van der Waals surface area contributed by atoms with E-state index >= 15 is 0 Å². The van der Waals surface area contributed by atoms with Crippen LogP contribution in [0, 0.1) is 18.3 Å². The third-order valence-electron chi connectivity index (χ3n) is 4.08. The summed E-state index contributed by atoms with van der Waals surface area (Å²) in [4.78, 5) is 4.46. The van der Waals surface area contributed by atoms with Gasteiger partial charge >= 0.3 is 0 Å². The normalized spacial score (nSPS) is 10.3. The molecule has 0 radical (unpaired) electrons. The van der Waals surface area contributed by atoms with E-state index in [1.54, 1.807) is 19.2 Å². The molecule has 25 heavy (non-hydrogen) atoms. The van der Waals surface area contributed by atoms with Crippen LogP contribution in [-0.2, 0) is 0 Å². The Morgan fingerprint density at radius 2 is 1.64 bits per heavy atom. The molecule has 0 fully saturated rings. The lowest BCUT2D eigenvalue weighted by atomic mass is 9.93. The molecule has 124 valence electrons. The van der Waals surface area contributed by atoms with Crippen molar-refractivity contribution in [2.75, 3.05) is 12.8 Å². The van der Waals surface area contributed by atoms with Crippen LogP contribution in [0.4, 0.5) is 5.82 Å². The molecule has 0 bridgehead atoms. The topological polar surface area (TPSA) is 71.9 Å². The minimum atomic E-state index is 0.212. The number of rotatable bonds is 3.